The van der Waals surface area contributed by atoms with Crippen molar-refractivity contribution in [1.82, 2.24) is 9.21 Å². The Balaban J connectivity index is 1.56. The minimum absolute atomic E-state index is 0.0989. The van der Waals surface area contributed by atoms with Crippen LogP contribution in [-0.2, 0) is 27.8 Å². The van der Waals surface area contributed by atoms with Gasteiger partial charge in [-0.25, -0.2) is 12.8 Å². The van der Waals surface area contributed by atoms with Crippen LogP contribution in [0.4, 0.5) is 4.39 Å². The monoisotopic (exact) mass is 482 g/mol. The maximum atomic E-state index is 13.9. The van der Waals surface area contributed by atoms with Crippen molar-refractivity contribution in [2.45, 2.75) is 37.1 Å². The zero-order chi connectivity index (χ0) is 21.0. The van der Waals surface area contributed by atoms with Crippen LogP contribution in [0.1, 0.15) is 30.4 Å². The largest absolute Gasteiger partial charge is 0.341 e. The molecule has 3 rings (SSSR count). The summed E-state index contributed by atoms with van der Waals surface area (Å²) >= 11 is 3.31. The molecule has 8 heteroatoms. The summed E-state index contributed by atoms with van der Waals surface area (Å²) in [7, 11) is -1.78. The summed E-state index contributed by atoms with van der Waals surface area (Å²) in [6, 6.07) is 11.4. The molecule has 0 saturated carbocycles. The number of aryl methyl sites for hydroxylation is 1. The molecule has 5 nitrogen and oxygen atoms in total. The second-order valence-corrected chi connectivity index (χ2v) is 10.1. The molecular weight excluding hydrogens is 459 g/mol. The molecule has 1 amide bonds. The summed E-state index contributed by atoms with van der Waals surface area (Å²) in [4.78, 5) is 14.2. The predicted molar refractivity (Wildman–Crippen MR) is 113 cm³/mol. The van der Waals surface area contributed by atoms with Crippen LogP contribution in [0.2, 0.25) is 0 Å². The number of carbonyl (C=O) groups excluding carboxylic acids is 1. The van der Waals surface area contributed by atoms with Gasteiger partial charge in [0.1, 0.15) is 5.82 Å². The van der Waals surface area contributed by atoms with Gasteiger partial charge in [-0.2, -0.15) is 4.31 Å². The molecule has 0 spiro atoms. The fraction of sp³-hybridized carbons (Fsp3) is 0.381. The van der Waals surface area contributed by atoms with Crippen LogP contribution in [0.15, 0.2) is 51.8 Å². The molecule has 29 heavy (non-hydrogen) atoms. The van der Waals surface area contributed by atoms with Crippen molar-refractivity contribution in [1.29, 1.82) is 0 Å². The number of hydrogen-bond acceptors (Lipinski definition) is 3. The van der Waals surface area contributed by atoms with Gasteiger partial charge in [0.05, 0.1) is 4.90 Å². The Morgan fingerprint density at radius 2 is 1.79 bits per heavy atom. The molecule has 1 fully saturated rings. The Labute approximate surface area is 179 Å². The number of carbonyl (C=O) groups is 1. The van der Waals surface area contributed by atoms with E-state index in [-0.39, 0.29) is 29.6 Å². The Kier molecular flexibility index (Phi) is 7.08. The first-order chi connectivity index (χ1) is 13.8. The standard InChI is InChI=1S/C21H24BrFN2O3S/c1-24(15-17-14-18(22)7-10-20(17)23)21(26)11-6-16-4-8-19(9-5-16)29(27,28)25-12-2-3-13-25/h4-5,7-10,14H,2-3,6,11-13,15H2,1H3. The maximum absolute atomic E-state index is 13.9. The third kappa shape index (κ3) is 5.43. The SMILES string of the molecule is CN(Cc1cc(Br)ccc1F)C(=O)CCc1ccc(S(=O)(=O)N2CCCC2)cc1. The fourth-order valence-electron chi connectivity index (χ4n) is 3.36. The third-order valence-corrected chi connectivity index (χ3v) is 7.50. The molecule has 2 aromatic carbocycles. The van der Waals surface area contributed by atoms with Crippen LogP contribution in [0.5, 0.6) is 0 Å². The van der Waals surface area contributed by atoms with Gasteiger partial charge in [0.25, 0.3) is 0 Å². The van der Waals surface area contributed by atoms with E-state index in [9.17, 15) is 17.6 Å². The Bertz CT molecular complexity index is 974. The van der Waals surface area contributed by atoms with Crippen molar-refractivity contribution in [3.05, 3.63) is 63.9 Å². The Hall–Kier alpha value is -1.77. The van der Waals surface area contributed by atoms with E-state index in [2.05, 4.69) is 15.9 Å². The van der Waals surface area contributed by atoms with Crippen LogP contribution in [-0.4, -0.2) is 43.7 Å². The highest BCUT2D eigenvalue weighted by atomic mass is 79.9. The molecule has 0 bridgehead atoms. The van der Waals surface area contributed by atoms with E-state index >= 15 is 0 Å². The molecule has 1 heterocycles. The quantitative estimate of drug-likeness (QED) is 0.599. The average Bonchev–Trinajstić information content (AvgIpc) is 3.25. The van der Waals surface area contributed by atoms with Crippen molar-refractivity contribution in [3.63, 3.8) is 0 Å². The highest BCUT2D eigenvalue weighted by molar-refractivity contribution is 9.10. The van der Waals surface area contributed by atoms with Crippen molar-refractivity contribution in [3.8, 4) is 0 Å². The Morgan fingerprint density at radius 3 is 2.45 bits per heavy atom. The highest BCUT2D eigenvalue weighted by Gasteiger charge is 2.26. The lowest BCUT2D eigenvalue weighted by Gasteiger charge is -2.18. The van der Waals surface area contributed by atoms with Crippen LogP contribution < -0.4 is 0 Å². The first-order valence-electron chi connectivity index (χ1n) is 9.54. The van der Waals surface area contributed by atoms with Gasteiger partial charge in [-0.05, 0) is 55.2 Å². The van der Waals surface area contributed by atoms with Gasteiger partial charge in [-0.15, -0.1) is 0 Å². The molecule has 0 atom stereocenters. The van der Waals surface area contributed by atoms with Crippen molar-refractivity contribution < 1.29 is 17.6 Å². The lowest BCUT2D eigenvalue weighted by molar-refractivity contribution is -0.130. The summed E-state index contributed by atoms with van der Waals surface area (Å²) in [6.45, 7) is 1.34. The molecule has 0 N–H and O–H groups in total. The van der Waals surface area contributed by atoms with E-state index in [1.165, 1.54) is 15.3 Å². The molecule has 1 aliphatic heterocycles. The van der Waals surface area contributed by atoms with E-state index in [1.807, 2.05) is 0 Å². The minimum Gasteiger partial charge on any atom is -0.341 e. The van der Waals surface area contributed by atoms with Crippen molar-refractivity contribution >= 4 is 31.9 Å². The van der Waals surface area contributed by atoms with Crippen molar-refractivity contribution in [2.75, 3.05) is 20.1 Å². The molecule has 0 unspecified atom stereocenters. The van der Waals surface area contributed by atoms with Crippen LogP contribution in [0.3, 0.4) is 0 Å². The normalized spacial score (nSPS) is 14.9. The second-order valence-electron chi connectivity index (χ2n) is 7.24. The van der Waals surface area contributed by atoms with Gasteiger partial charge in [0.2, 0.25) is 15.9 Å². The van der Waals surface area contributed by atoms with E-state index < -0.39 is 10.0 Å². The number of benzene rings is 2. The molecular formula is C21H24BrFN2O3S. The van der Waals surface area contributed by atoms with E-state index in [1.54, 1.807) is 43.4 Å². The van der Waals surface area contributed by atoms with Crippen LogP contribution >= 0.6 is 15.9 Å². The summed E-state index contributed by atoms with van der Waals surface area (Å²) < 4.78 is 41.3. The van der Waals surface area contributed by atoms with Gasteiger partial charge >= 0.3 is 0 Å². The average molecular weight is 483 g/mol. The van der Waals surface area contributed by atoms with Crippen LogP contribution in [0, 0.1) is 5.82 Å². The predicted octanol–water partition coefficient (Wildman–Crippen LogP) is 3.96. The lowest BCUT2D eigenvalue weighted by atomic mass is 10.1. The van der Waals surface area contributed by atoms with E-state index in [4.69, 9.17) is 0 Å². The zero-order valence-corrected chi connectivity index (χ0v) is 18.7. The Morgan fingerprint density at radius 1 is 1.14 bits per heavy atom. The lowest BCUT2D eigenvalue weighted by Crippen LogP contribution is -2.28. The second kappa shape index (κ2) is 9.36. The molecule has 1 saturated heterocycles. The molecule has 1 aliphatic rings. The first kappa shape index (κ1) is 21.9. The number of rotatable bonds is 7. The number of sulfonamides is 1. The van der Waals surface area contributed by atoms with E-state index in [0.29, 0.717) is 25.1 Å². The summed E-state index contributed by atoms with van der Waals surface area (Å²) in [5.41, 5.74) is 1.34. The molecule has 0 aromatic heterocycles. The molecule has 0 radical (unpaired) electrons. The van der Waals surface area contributed by atoms with Gasteiger partial charge < -0.3 is 4.90 Å². The van der Waals surface area contributed by atoms with Gasteiger partial charge in [0, 0.05) is 43.1 Å². The van der Waals surface area contributed by atoms with Crippen molar-refractivity contribution in [2.24, 2.45) is 0 Å². The highest BCUT2D eigenvalue weighted by Crippen LogP contribution is 2.22. The fourth-order valence-corrected chi connectivity index (χ4v) is 5.28. The zero-order valence-electron chi connectivity index (χ0n) is 16.3. The van der Waals surface area contributed by atoms with Gasteiger partial charge in [-0.3, -0.25) is 4.79 Å². The molecule has 0 aliphatic carbocycles. The number of nitrogens with zero attached hydrogens (tertiary/aromatic N) is 2. The van der Waals surface area contributed by atoms with Gasteiger partial charge in [-0.1, -0.05) is 28.1 Å². The number of halogens is 2. The smallest absolute Gasteiger partial charge is 0.243 e. The summed E-state index contributed by atoms with van der Waals surface area (Å²) in [6.07, 6.45) is 2.56. The van der Waals surface area contributed by atoms with Gasteiger partial charge in [0.15, 0.2) is 0 Å². The number of amides is 1. The third-order valence-electron chi connectivity index (χ3n) is 5.09. The van der Waals surface area contributed by atoms with E-state index in [0.717, 1.165) is 22.9 Å². The van der Waals surface area contributed by atoms with Crippen LogP contribution in [0.25, 0.3) is 0 Å². The summed E-state index contributed by atoms with van der Waals surface area (Å²) in [5, 5.41) is 0. The topological polar surface area (TPSA) is 57.7 Å². The molecule has 156 valence electrons. The summed E-state index contributed by atoms with van der Waals surface area (Å²) in [5.74, 6) is -0.444. The number of hydrogen-bond donors (Lipinski definition) is 0. The minimum atomic E-state index is -3.42. The molecule has 2 aromatic rings. The maximum Gasteiger partial charge on any atom is 0.243 e. The first-order valence-corrected chi connectivity index (χ1v) is 11.8.